The number of ether oxygens (including phenoxy) is 1. The molecule has 0 aliphatic carbocycles. The number of likely N-dealkylation sites (N-methyl/N-ethyl adjacent to an activating group) is 1. The van der Waals surface area contributed by atoms with E-state index in [0.717, 1.165) is 82.0 Å². The number of nitrogens with zero attached hydrogens (tertiary/aromatic N) is 4. The fourth-order valence-electron chi connectivity index (χ4n) is 6.75. The van der Waals surface area contributed by atoms with Crippen molar-refractivity contribution in [1.29, 1.82) is 0 Å². The van der Waals surface area contributed by atoms with Crippen LogP contribution in [0, 0.1) is 6.92 Å². The summed E-state index contributed by atoms with van der Waals surface area (Å²) >= 11 is 0. The van der Waals surface area contributed by atoms with Crippen molar-refractivity contribution in [3.63, 3.8) is 0 Å². The number of pyridine rings is 1. The molecule has 1 amide bonds. The van der Waals surface area contributed by atoms with Crippen LogP contribution in [0.1, 0.15) is 42.4 Å². The number of aromatic nitrogens is 1. The van der Waals surface area contributed by atoms with Gasteiger partial charge in [-0.05, 0) is 80.4 Å². The third kappa shape index (κ3) is 4.50. The molecule has 6 heteroatoms. The largest absolute Gasteiger partial charge is 0.495 e. The Labute approximate surface area is 237 Å². The Balaban J connectivity index is 1.38. The molecule has 206 valence electrons. The van der Waals surface area contributed by atoms with E-state index in [2.05, 4.69) is 48.8 Å². The maximum atomic E-state index is 14.2. The van der Waals surface area contributed by atoms with Crippen molar-refractivity contribution in [1.82, 2.24) is 9.88 Å². The molecular weight excluding hydrogens is 496 g/mol. The minimum absolute atomic E-state index is 0.0346. The quantitative estimate of drug-likeness (QED) is 0.299. The molecule has 2 aliphatic heterocycles. The van der Waals surface area contributed by atoms with Gasteiger partial charge in [-0.25, -0.2) is 0 Å². The van der Waals surface area contributed by atoms with E-state index in [9.17, 15) is 4.79 Å². The lowest BCUT2D eigenvalue weighted by Crippen LogP contribution is -2.56. The fraction of sp³-hybridized carbons (Fsp3) is 0.353. The highest BCUT2D eigenvalue weighted by atomic mass is 16.5. The average Bonchev–Trinajstić information content (AvgIpc) is 3.38. The van der Waals surface area contributed by atoms with Crippen LogP contribution in [-0.2, 0) is 6.42 Å². The molecule has 6 nitrogen and oxygen atoms in total. The van der Waals surface area contributed by atoms with Gasteiger partial charge in [0, 0.05) is 54.2 Å². The molecule has 1 aromatic heterocycles. The van der Waals surface area contributed by atoms with Gasteiger partial charge < -0.3 is 14.5 Å². The number of aryl methyl sites for hydroxylation is 1. The summed E-state index contributed by atoms with van der Waals surface area (Å²) in [5.74, 6) is 0.921. The molecule has 3 heterocycles. The highest BCUT2D eigenvalue weighted by Crippen LogP contribution is 2.41. The monoisotopic (exact) mass is 534 g/mol. The molecule has 3 aromatic carbocycles. The smallest absolute Gasteiger partial charge is 0.258 e. The van der Waals surface area contributed by atoms with Crippen LogP contribution < -0.4 is 14.5 Å². The van der Waals surface area contributed by atoms with Crippen LogP contribution >= 0.6 is 0 Å². The van der Waals surface area contributed by atoms with Gasteiger partial charge in [-0.1, -0.05) is 43.3 Å². The van der Waals surface area contributed by atoms with Crippen LogP contribution in [0.2, 0.25) is 0 Å². The number of fused-ring (bicyclic) bond motifs is 2. The molecular formula is C34H38N4O2. The van der Waals surface area contributed by atoms with Gasteiger partial charge in [-0.15, -0.1) is 0 Å². The van der Waals surface area contributed by atoms with Crippen molar-refractivity contribution in [2.75, 3.05) is 43.1 Å². The molecule has 0 bridgehead atoms. The summed E-state index contributed by atoms with van der Waals surface area (Å²) in [5.41, 5.74) is 6.88. The number of rotatable bonds is 5. The summed E-state index contributed by atoms with van der Waals surface area (Å²) in [5, 5.41) is 1.99. The first-order chi connectivity index (χ1) is 19.4. The number of methoxy groups -OCH3 is 1. The van der Waals surface area contributed by atoms with Crippen molar-refractivity contribution in [2.24, 2.45) is 0 Å². The van der Waals surface area contributed by atoms with E-state index in [-0.39, 0.29) is 5.91 Å². The van der Waals surface area contributed by atoms with Gasteiger partial charge in [-0.3, -0.25) is 14.7 Å². The Bertz CT molecular complexity index is 1570. The maximum Gasteiger partial charge on any atom is 0.258 e. The Morgan fingerprint density at radius 1 is 0.950 bits per heavy atom. The van der Waals surface area contributed by atoms with Gasteiger partial charge in [0.2, 0.25) is 0 Å². The Morgan fingerprint density at radius 3 is 2.40 bits per heavy atom. The van der Waals surface area contributed by atoms with Crippen LogP contribution in [0.3, 0.4) is 0 Å². The first-order valence-corrected chi connectivity index (χ1v) is 14.4. The number of piperazine rings is 1. The number of hydrogen-bond donors (Lipinski definition) is 0. The Morgan fingerprint density at radius 2 is 1.70 bits per heavy atom. The molecule has 0 saturated carbocycles. The molecule has 6 rings (SSSR count). The first kappa shape index (κ1) is 26.3. The topological polar surface area (TPSA) is 48.9 Å². The molecule has 4 aromatic rings. The molecule has 1 fully saturated rings. The number of amides is 1. The zero-order valence-electron chi connectivity index (χ0n) is 24.1. The van der Waals surface area contributed by atoms with Crippen molar-refractivity contribution in [3.8, 4) is 17.0 Å². The van der Waals surface area contributed by atoms with E-state index in [0.29, 0.717) is 18.6 Å². The van der Waals surface area contributed by atoms with Crippen LogP contribution in [0.25, 0.3) is 22.0 Å². The number of hydrogen-bond acceptors (Lipinski definition) is 5. The van der Waals surface area contributed by atoms with E-state index in [4.69, 9.17) is 9.72 Å². The first-order valence-electron chi connectivity index (χ1n) is 14.4. The summed E-state index contributed by atoms with van der Waals surface area (Å²) in [6, 6.07) is 23.5. The third-order valence-electron chi connectivity index (χ3n) is 8.65. The molecule has 0 unspecified atom stereocenters. The van der Waals surface area contributed by atoms with Crippen LogP contribution in [0.5, 0.6) is 5.75 Å². The maximum absolute atomic E-state index is 14.2. The van der Waals surface area contributed by atoms with Gasteiger partial charge in [0.25, 0.3) is 5.91 Å². The zero-order valence-corrected chi connectivity index (χ0v) is 24.1. The average molecular weight is 535 g/mol. The van der Waals surface area contributed by atoms with Gasteiger partial charge in [-0.2, -0.15) is 0 Å². The molecule has 2 aliphatic rings. The van der Waals surface area contributed by atoms with E-state index in [1.165, 1.54) is 0 Å². The summed E-state index contributed by atoms with van der Waals surface area (Å²) in [4.78, 5) is 25.9. The summed E-state index contributed by atoms with van der Waals surface area (Å²) in [6.07, 6.45) is 0.817. The SMILES string of the molecule is CCN1[C@H](C)CN(c2cc3c(cc2OC)CCN3C(=O)c2ccc(-c3cccc(C)n3)c3ccccc23)C[C@@H]1C. The Hall–Kier alpha value is -3.90. The van der Waals surface area contributed by atoms with Crippen LogP contribution in [-0.4, -0.2) is 61.2 Å². The minimum Gasteiger partial charge on any atom is -0.495 e. The van der Waals surface area contributed by atoms with Crippen molar-refractivity contribution < 1.29 is 9.53 Å². The molecule has 1 saturated heterocycles. The highest BCUT2D eigenvalue weighted by molar-refractivity contribution is 6.17. The minimum atomic E-state index is 0.0346. The zero-order chi connectivity index (χ0) is 28.0. The summed E-state index contributed by atoms with van der Waals surface area (Å²) in [7, 11) is 1.75. The summed E-state index contributed by atoms with van der Waals surface area (Å²) in [6.45, 7) is 12.4. The van der Waals surface area contributed by atoms with Crippen LogP contribution in [0.15, 0.2) is 66.7 Å². The lowest BCUT2D eigenvalue weighted by molar-refractivity contribution is 0.0991. The number of anilines is 2. The second-order valence-corrected chi connectivity index (χ2v) is 11.2. The van der Waals surface area contributed by atoms with Gasteiger partial charge in [0.15, 0.2) is 0 Å². The van der Waals surface area contributed by atoms with E-state index < -0.39 is 0 Å². The van der Waals surface area contributed by atoms with E-state index >= 15 is 0 Å². The lowest BCUT2D eigenvalue weighted by Gasteiger charge is -2.45. The van der Waals surface area contributed by atoms with Crippen molar-refractivity contribution in [3.05, 3.63) is 83.6 Å². The van der Waals surface area contributed by atoms with E-state index in [1.54, 1.807) is 7.11 Å². The number of carbonyl (C=O) groups is 1. The van der Waals surface area contributed by atoms with Crippen LogP contribution in [0.4, 0.5) is 11.4 Å². The standard InChI is InChI=1S/C34H38N4O2/c1-6-37-23(3)20-36(21-24(37)4)32-19-31-25(18-33(32)40-5)16-17-38(31)34(39)29-15-14-28(26-11-7-8-12-27(26)29)30-13-9-10-22(2)35-30/h7-15,18-19,23-24H,6,16-17,20-21H2,1-5H3/t23-,24+. The van der Waals surface area contributed by atoms with Gasteiger partial charge >= 0.3 is 0 Å². The molecule has 2 atom stereocenters. The van der Waals surface area contributed by atoms with E-state index in [1.807, 2.05) is 60.4 Å². The lowest BCUT2D eigenvalue weighted by atomic mass is 9.96. The molecule has 40 heavy (non-hydrogen) atoms. The normalized spacial score (nSPS) is 19.2. The fourth-order valence-corrected chi connectivity index (χ4v) is 6.75. The molecule has 0 radical (unpaired) electrons. The number of benzene rings is 3. The molecule has 0 N–H and O–H groups in total. The van der Waals surface area contributed by atoms with Gasteiger partial charge in [0.05, 0.1) is 18.5 Å². The predicted octanol–water partition coefficient (Wildman–Crippen LogP) is 6.34. The third-order valence-corrected chi connectivity index (χ3v) is 8.65. The van der Waals surface area contributed by atoms with Gasteiger partial charge in [0.1, 0.15) is 5.75 Å². The van der Waals surface area contributed by atoms with Crippen molar-refractivity contribution >= 4 is 28.1 Å². The molecule has 0 spiro atoms. The Kier molecular flexibility index (Phi) is 6.97. The van der Waals surface area contributed by atoms with Crippen molar-refractivity contribution in [2.45, 2.75) is 46.2 Å². The number of carbonyl (C=O) groups excluding carboxylic acids is 1. The summed E-state index contributed by atoms with van der Waals surface area (Å²) < 4.78 is 5.88. The second-order valence-electron chi connectivity index (χ2n) is 11.2. The highest BCUT2D eigenvalue weighted by Gasteiger charge is 2.33. The predicted molar refractivity (Wildman–Crippen MR) is 164 cm³/mol. The second kappa shape index (κ2) is 10.6.